The van der Waals surface area contributed by atoms with Crippen LogP contribution >= 0.6 is 0 Å². The maximum Gasteiger partial charge on any atom is 0.134 e. The highest BCUT2D eigenvalue weighted by molar-refractivity contribution is 5.24. The van der Waals surface area contributed by atoms with Crippen LogP contribution in [0.15, 0.2) is 30.3 Å². The van der Waals surface area contributed by atoms with Crippen molar-refractivity contribution in [1.82, 2.24) is 0 Å². The van der Waals surface area contributed by atoms with Crippen molar-refractivity contribution in [1.29, 1.82) is 0 Å². The summed E-state index contributed by atoms with van der Waals surface area (Å²) >= 11 is 0. The first-order valence-corrected chi connectivity index (χ1v) is 6.23. The minimum atomic E-state index is -0.544. The van der Waals surface area contributed by atoms with E-state index in [9.17, 15) is 5.11 Å². The summed E-state index contributed by atoms with van der Waals surface area (Å²) in [5.41, 5.74) is 0.527. The highest BCUT2D eigenvalue weighted by atomic mass is 16.5. The number of benzene rings is 1. The third-order valence-electron chi connectivity index (χ3n) is 3.53. The Bertz CT molecular complexity index is 354. The van der Waals surface area contributed by atoms with E-state index in [2.05, 4.69) is 7.05 Å². The highest BCUT2D eigenvalue weighted by Crippen LogP contribution is 2.34. The summed E-state index contributed by atoms with van der Waals surface area (Å²) < 4.78 is 5.93. The van der Waals surface area contributed by atoms with Crippen LogP contribution < -0.4 is 4.90 Å². The molecule has 2 N–H and O–H groups in total. The summed E-state index contributed by atoms with van der Waals surface area (Å²) in [5, 5.41) is 10.4. The number of quaternary nitrogens is 1. The van der Waals surface area contributed by atoms with Crippen LogP contribution in [0.1, 0.15) is 18.9 Å². The van der Waals surface area contributed by atoms with Gasteiger partial charge in [-0.25, -0.2) is 0 Å². The van der Waals surface area contributed by atoms with Gasteiger partial charge in [-0.2, -0.15) is 7.05 Å². The first-order valence-electron chi connectivity index (χ1n) is 6.23. The molecule has 0 bridgehead atoms. The molecule has 1 heterocycles. The summed E-state index contributed by atoms with van der Waals surface area (Å²) in [7, 11) is 3.97. The zero-order valence-corrected chi connectivity index (χ0v) is 10.4. The summed E-state index contributed by atoms with van der Waals surface area (Å²) in [6.07, 6.45) is 0.316. The van der Waals surface area contributed by atoms with Crippen LogP contribution in [0.5, 0.6) is 0 Å². The molecule has 1 aromatic rings. The predicted molar refractivity (Wildman–Crippen MR) is 66.4 cm³/mol. The second-order valence-corrected chi connectivity index (χ2v) is 4.66. The van der Waals surface area contributed by atoms with Gasteiger partial charge in [0.2, 0.25) is 0 Å². The lowest BCUT2D eigenvalue weighted by molar-refractivity contribution is -0.867. The van der Waals surface area contributed by atoms with E-state index in [4.69, 9.17) is 4.74 Å². The van der Waals surface area contributed by atoms with Crippen molar-refractivity contribution in [2.45, 2.75) is 25.0 Å². The average Bonchev–Trinajstić information content (AvgIpc) is 2.34. The Labute approximate surface area is 103 Å². The second kappa shape index (κ2) is 5.17. The SMILES string of the molecule is [CH2-][NH+]1CC[C@](OCC)(c2ccccc2)[C@@H](O)C1. The number of nitrogens with one attached hydrogen (secondary N) is 1. The Kier molecular flexibility index (Phi) is 3.82. The van der Waals surface area contributed by atoms with Crippen molar-refractivity contribution in [3.63, 3.8) is 0 Å². The van der Waals surface area contributed by atoms with Crippen LogP contribution in [0.2, 0.25) is 0 Å². The van der Waals surface area contributed by atoms with Crippen molar-refractivity contribution in [3.05, 3.63) is 42.9 Å². The lowest BCUT2D eigenvalue weighted by atomic mass is 9.82. The van der Waals surface area contributed by atoms with E-state index in [0.29, 0.717) is 13.2 Å². The number of rotatable bonds is 3. The Balaban J connectivity index is 2.32. The molecule has 3 nitrogen and oxygen atoms in total. The fraction of sp³-hybridized carbons (Fsp3) is 0.500. The fourth-order valence-electron chi connectivity index (χ4n) is 2.64. The number of hydrogen-bond acceptors (Lipinski definition) is 2. The van der Waals surface area contributed by atoms with Gasteiger partial charge in [0.05, 0.1) is 13.1 Å². The van der Waals surface area contributed by atoms with Crippen LogP contribution in [0.25, 0.3) is 0 Å². The van der Waals surface area contributed by atoms with E-state index in [1.165, 1.54) is 0 Å². The molecule has 0 aromatic heterocycles. The summed E-state index contributed by atoms with van der Waals surface area (Å²) in [6, 6.07) is 10.0. The topological polar surface area (TPSA) is 33.9 Å². The van der Waals surface area contributed by atoms with E-state index in [0.717, 1.165) is 23.4 Å². The van der Waals surface area contributed by atoms with Crippen LogP contribution in [-0.4, -0.2) is 30.9 Å². The van der Waals surface area contributed by atoms with Gasteiger partial charge in [0.15, 0.2) is 0 Å². The number of likely N-dealkylation sites (tertiary alicyclic amines) is 1. The highest BCUT2D eigenvalue weighted by Gasteiger charge is 2.44. The summed E-state index contributed by atoms with van der Waals surface area (Å²) in [5.74, 6) is 0. The zero-order chi connectivity index (χ0) is 12.3. The van der Waals surface area contributed by atoms with E-state index in [-0.39, 0.29) is 0 Å². The molecule has 17 heavy (non-hydrogen) atoms. The number of hydrogen-bond donors (Lipinski definition) is 2. The van der Waals surface area contributed by atoms with Crippen molar-refractivity contribution in [2.24, 2.45) is 0 Å². The number of aliphatic hydroxyl groups is 1. The molecular weight excluding hydrogens is 214 g/mol. The Morgan fingerprint density at radius 3 is 2.76 bits per heavy atom. The van der Waals surface area contributed by atoms with Crippen LogP contribution in [0, 0.1) is 7.05 Å². The van der Waals surface area contributed by atoms with Crippen molar-refractivity contribution in [2.75, 3.05) is 19.7 Å². The third kappa shape index (κ3) is 2.37. The Hall–Kier alpha value is -0.900. The molecule has 1 saturated heterocycles. The lowest BCUT2D eigenvalue weighted by Crippen LogP contribution is -3.10. The van der Waals surface area contributed by atoms with Crippen LogP contribution in [0.3, 0.4) is 0 Å². The van der Waals surface area contributed by atoms with Crippen LogP contribution in [0.4, 0.5) is 0 Å². The normalized spacial score (nSPS) is 33.6. The molecule has 1 aliphatic heterocycles. The van der Waals surface area contributed by atoms with Gasteiger partial charge < -0.3 is 14.7 Å². The van der Waals surface area contributed by atoms with Gasteiger partial charge in [-0.3, -0.25) is 0 Å². The standard InChI is InChI=1S/C14H21NO2/c1-3-17-14(12-7-5-4-6-8-12)9-10-15(2)11-13(14)16/h4-8,13,15-16H,2-3,9-11H2,1H3/t13-,14-/m0/s1. The summed E-state index contributed by atoms with van der Waals surface area (Å²) in [4.78, 5) is 1.11. The van der Waals surface area contributed by atoms with E-state index >= 15 is 0 Å². The number of aliphatic hydroxyl groups excluding tert-OH is 1. The van der Waals surface area contributed by atoms with Gasteiger partial charge in [0, 0.05) is 13.0 Å². The molecule has 0 amide bonds. The monoisotopic (exact) mass is 235 g/mol. The van der Waals surface area contributed by atoms with E-state index < -0.39 is 11.7 Å². The molecule has 1 unspecified atom stereocenters. The number of ether oxygens (including phenoxy) is 1. The van der Waals surface area contributed by atoms with Crippen molar-refractivity contribution < 1.29 is 14.7 Å². The average molecular weight is 235 g/mol. The van der Waals surface area contributed by atoms with Gasteiger partial charge >= 0.3 is 0 Å². The molecule has 3 atom stereocenters. The molecule has 0 aliphatic carbocycles. The first kappa shape index (κ1) is 12.6. The lowest BCUT2D eigenvalue weighted by Gasteiger charge is -2.44. The molecule has 3 heteroatoms. The third-order valence-corrected chi connectivity index (χ3v) is 3.53. The minimum absolute atomic E-state index is 0.494. The molecule has 1 aromatic carbocycles. The predicted octanol–water partition coefficient (Wildman–Crippen LogP) is 0.359. The maximum atomic E-state index is 10.4. The second-order valence-electron chi connectivity index (χ2n) is 4.66. The first-order chi connectivity index (χ1) is 8.19. The molecule has 94 valence electrons. The Morgan fingerprint density at radius 2 is 2.18 bits per heavy atom. The van der Waals surface area contributed by atoms with Gasteiger partial charge in [-0.1, -0.05) is 30.3 Å². The molecule has 0 radical (unpaired) electrons. The van der Waals surface area contributed by atoms with Crippen molar-refractivity contribution in [3.8, 4) is 0 Å². The van der Waals surface area contributed by atoms with Crippen molar-refractivity contribution >= 4 is 0 Å². The van der Waals surface area contributed by atoms with Gasteiger partial charge in [-0.15, -0.1) is 0 Å². The van der Waals surface area contributed by atoms with E-state index in [1.807, 2.05) is 37.3 Å². The molecule has 1 aliphatic rings. The van der Waals surface area contributed by atoms with Gasteiger partial charge in [0.1, 0.15) is 11.7 Å². The minimum Gasteiger partial charge on any atom is -0.465 e. The quantitative estimate of drug-likeness (QED) is 0.742. The zero-order valence-electron chi connectivity index (χ0n) is 10.4. The summed E-state index contributed by atoms with van der Waals surface area (Å²) in [6.45, 7) is 4.14. The molecule has 0 spiro atoms. The van der Waals surface area contributed by atoms with Gasteiger partial charge in [0.25, 0.3) is 0 Å². The number of piperidine rings is 1. The Morgan fingerprint density at radius 1 is 1.47 bits per heavy atom. The largest absolute Gasteiger partial charge is 0.465 e. The van der Waals surface area contributed by atoms with Gasteiger partial charge in [-0.05, 0) is 12.5 Å². The smallest absolute Gasteiger partial charge is 0.134 e. The van der Waals surface area contributed by atoms with Crippen LogP contribution in [-0.2, 0) is 10.3 Å². The molecular formula is C14H21NO2. The fourth-order valence-corrected chi connectivity index (χ4v) is 2.64. The molecule has 0 saturated carbocycles. The van der Waals surface area contributed by atoms with E-state index in [1.54, 1.807) is 0 Å². The molecule has 1 fully saturated rings. The molecule has 2 rings (SSSR count). The maximum absolute atomic E-state index is 10.4.